The van der Waals surface area contributed by atoms with Crippen molar-refractivity contribution in [1.29, 1.82) is 0 Å². The summed E-state index contributed by atoms with van der Waals surface area (Å²) < 4.78 is 1.91. The molecule has 2 aromatic heterocycles. The van der Waals surface area contributed by atoms with E-state index in [9.17, 15) is 0 Å². The van der Waals surface area contributed by atoms with E-state index in [1.807, 2.05) is 53.2 Å². The molecule has 5 heteroatoms. The summed E-state index contributed by atoms with van der Waals surface area (Å²) in [6, 6.07) is 20.3. The predicted molar refractivity (Wildman–Crippen MR) is 92.0 cm³/mol. The van der Waals surface area contributed by atoms with E-state index >= 15 is 0 Å². The Balaban J connectivity index is 1.80. The van der Waals surface area contributed by atoms with Crippen LogP contribution in [0.2, 0.25) is 0 Å². The molecule has 0 amide bonds. The lowest BCUT2D eigenvalue weighted by atomic mass is 10.2. The average molecular weight is 313 g/mol. The van der Waals surface area contributed by atoms with Crippen LogP contribution in [0.4, 0.5) is 0 Å². The van der Waals surface area contributed by atoms with Gasteiger partial charge < -0.3 is 0 Å². The molecule has 0 aliphatic carbocycles. The van der Waals surface area contributed by atoms with Crippen LogP contribution in [0, 0.1) is 0 Å². The zero-order chi connectivity index (χ0) is 16.2. The van der Waals surface area contributed by atoms with Crippen LogP contribution in [-0.2, 0) is 6.54 Å². The second-order valence-electron chi connectivity index (χ2n) is 5.36. The summed E-state index contributed by atoms with van der Waals surface area (Å²) in [5.74, 6) is 1.40. The highest BCUT2D eigenvalue weighted by atomic mass is 15.3. The lowest BCUT2D eigenvalue weighted by molar-refractivity contribution is 0.694. The minimum Gasteiger partial charge on any atom is -0.261 e. The van der Waals surface area contributed by atoms with Crippen LogP contribution in [0.15, 0.2) is 79.3 Å². The highest BCUT2D eigenvalue weighted by Crippen LogP contribution is 2.21. The number of aromatic nitrogens is 5. The molecule has 2 aromatic carbocycles. The fraction of sp³-hybridized carbons (Fsp3) is 0.0526. The van der Waals surface area contributed by atoms with Crippen molar-refractivity contribution in [2.24, 2.45) is 0 Å². The summed E-state index contributed by atoms with van der Waals surface area (Å²) >= 11 is 0. The van der Waals surface area contributed by atoms with E-state index in [0.717, 1.165) is 11.4 Å². The Morgan fingerprint density at radius 1 is 0.833 bits per heavy atom. The SMILES string of the molecule is c1ccc(Cn2nc(-c3cnccn3)nc2-c2ccccc2)cc1. The Labute approximate surface area is 139 Å². The second-order valence-corrected chi connectivity index (χ2v) is 5.36. The van der Waals surface area contributed by atoms with Gasteiger partial charge in [-0.05, 0) is 5.56 Å². The number of nitrogens with zero attached hydrogens (tertiary/aromatic N) is 5. The van der Waals surface area contributed by atoms with Crippen molar-refractivity contribution in [3.63, 3.8) is 0 Å². The molecule has 116 valence electrons. The molecule has 0 aliphatic heterocycles. The highest BCUT2D eigenvalue weighted by Gasteiger charge is 2.14. The first-order valence-electron chi connectivity index (χ1n) is 7.71. The van der Waals surface area contributed by atoms with Gasteiger partial charge in [0.15, 0.2) is 5.82 Å². The molecule has 4 aromatic rings. The van der Waals surface area contributed by atoms with Crippen LogP contribution in [0.3, 0.4) is 0 Å². The fourth-order valence-corrected chi connectivity index (χ4v) is 2.53. The molecule has 2 heterocycles. The van der Waals surface area contributed by atoms with Gasteiger partial charge in [0.1, 0.15) is 5.69 Å². The molecular weight excluding hydrogens is 298 g/mol. The summed E-state index contributed by atoms with van der Waals surface area (Å²) in [5, 5.41) is 4.66. The van der Waals surface area contributed by atoms with Crippen molar-refractivity contribution in [1.82, 2.24) is 24.7 Å². The zero-order valence-corrected chi connectivity index (χ0v) is 12.9. The monoisotopic (exact) mass is 313 g/mol. The lowest BCUT2D eigenvalue weighted by Crippen LogP contribution is -2.04. The van der Waals surface area contributed by atoms with E-state index in [2.05, 4.69) is 27.2 Å². The van der Waals surface area contributed by atoms with Gasteiger partial charge in [-0.2, -0.15) is 0 Å². The molecule has 0 N–H and O–H groups in total. The third-order valence-electron chi connectivity index (χ3n) is 3.67. The first kappa shape index (κ1) is 14.3. The quantitative estimate of drug-likeness (QED) is 0.579. The first-order valence-corrected chi connectivity index (χ1v) is 7.71. The Hall–Kier alpha value is -3.34. The van der Waals surface area contributed by atoms with Crippen molar-refractivity contribution in [3.05, 3.63) is 84.8 Å². The van der Waals surface area contributed by atoms with Gasteiger partial charge in [0.05, 0.1) is 12.7 Å². The zero-order valence-electron chi connectivity index (χ0n) is 12.9. The number of hydrogen-bond acceptors (Lipinski definition) is 4. The van der Waals surface area contributed by atoms with Crippen LogP contribution >= 0.6 is 0 Å². The molecule has 0 unspecified atom stereocenters. The van der Waals surface area contributed by atoms with Gasteiger partial charge in [0.25, 0.3) is 0 Å². The highest BCUT2D eigenvalue weighted by molar-refractivity contribution is 5.59. The summed E-state index contributed by atoms with van der Waals surface area (Å²) in [5.41, 5.74) is 2.86. The van der Waals surface area contributed by atoms with Gasteiger partial charge in [-0.25, -0.2) is 14.6 Å². The standard InChI is InChI=1S/C19H15N5/c1-3-7-15(8-4-1)14-24-19(16-9-5-2-6-10-16)22-18(23-24)17-13-20-11-12-21-17/h1-13H,14H2. The van der Waals surface area contributed by atoms with Gasteiger partial charge in [-0.1, -0.05) is 60.7 Å². The molecule has 0 aliphatic rings. The average Bonchev–Trinajstić information content (AvgIpc) is 3.08. The molecular formula is C19H15N5. The fourth-order valence-electron chi connectivity index (χ4n) is 2.53. The third-order valence-corrected chi connectivity index (χ3v) is 3.67. The smallest absolute Gasteiger partial charge is 0.201 e. The summed E-state index contributed by atoms with van der Waals surface area (Å²) in [7, 11) is 0. The van der Waals surface area contributed by atoms with E-state index in [1.165, 1.54) is 5.56 Å². The topological polar surface area (TPSA) is 56.5 Å². The summed E-state index contributed by atoms with van der Waals surface area (Å²) in [6.45, 7) is 0.651. The predicted octanol–water partition coefficient (Wildman–Crippen LogP) is 3.45. The number of rotatable bonds is 4. The number of hydrogen-bond donors (Lipinski definition) is 0. The van der Waals surface area contributed by atoms with Gasteiger partial charge in [0.2, 0.25) is 5.82 Å². The summed E-state index contributed by atoms with van der Waals surface area (Å²) in [6.07, 6.45) is 4.97. The van der Waals surface area contributed by atoms with Crippen molar-refractivity contribution in [2.75, 3.05) is 0 Å². The molecule has 0 fully saturated rings. The van der Waals surface area contributed by atoms with Crippen LogP contribution < -0.4 is 0 Å². The Morgan fingerprint density at radius 2 is 1.58 bits per heavy atom. The molecule has 0 bridgehead atoms. The molecule has 0 radical (unpaired) electrons. The molecule has 5 nitrogen and oxygen atoms in total. The van der Waals surface area contributed by atoms with E-state index < -0.39 is 0 Å². The van der Waals surface area contributed by atoms with Gasteiger partial charge in [0, 0.05) is 18.0 Å². The first-order chi connectivity index (χ1) is 11.9. The molecule has 4 rings (SSSR count). The van der Waals surface area contributed by atoms with E-state index in [-0.39, 0.29) is 0 Å². The second kappa shape index (κ2) is 6.42. The van der Waals surface area contributed by atoms with Gasteiger partial charge >= 0.3 is 0 Å². The lowest BCUT2D eigenvalue weighted by Gasteiger charge is -2.05. The van der Waals surface area contributed by atoms with Crippen molar-refractivity contribution < 1.29 is 0 Å². The largest absolute Gasteiger partial charge is 0.261 e. The summed E-state index contributed by atoms with van der Waals surface area (Å²) in [4.78, 5) is 13.1. The Kier molecular flexibility index (Phi) is 3.81. The maximum atomic E-state index is 4.70. The Bertz CT molecular complexity index is 918. The maximum absolute atomic E-state index is 4.70. The minimum atomic E-state index is 0.581. The molecule has 0 atom stereocenters. The van der Waals surface area contributed by atoms with Crippen molar-refractivity contribution >= 4 is 0 Å². The van der Waals surface area contributed by atoms with E-state index in [1.54, 1.807) is 18.6 Å². The molecule has 0 spiro atoms. The Morgan fingerprint density at radius 3 is 2.29 bits per heavy atom. The molecule has 0 saturated carbocycles. The van der Waals surface area contributed by atoms with Gasteiger partial charge in [-0.15, -0.1) is 5.10 Å². The van der Waals surface area contributed by atoms with Crippen LogP contribution in [0.1, 0.15) is 5.56 Å². The van der Waals surface area contributed by atoms with E-state index in [0.29, 0.717) is 18.1 Å². The van der Waals surface area contributed by atoms with Crippen LogP contribution in [0.5, 0.6) is 0 Å². The van der Waals surface area contributed by atoms with E-state index in [4.69, 9.17) is 4.98 Å². The number of benzene rings is 2. The third kappa shape index (κ3) is 2.92. The maximum Gasteiger partial charge on any atom is 0.201 e. The molecule has 24 heavy (non-hydrogen) atoms. The van der Waals surface area contributed by atoms with Crippen LogP contribution in [-0.4, -0.2) is 24.7 Å². The van der Waals surface area contributed by atoms with Crippen molar-refractivity contribution in [3.8, 4) is 22.9 Å². The normalized spacial score (nSPS) is 10.7. The molecule has 0 saturated heterocycles. The van der Waals surface area contributed by atoms with Crippen molar-refractivity contribution in [2.45, 2.75) is 6.54 Å². The van der Waals surface area contributed by atoms with Gasteiger partial charge in [-0.3, -0.25) is 4.98 Å². The minimum absolute atomic E-state index is 0.581. The van der Waals surface area contributed by atoms with Crippen LogP contribution in [0.25, 0.3) is 22.9 Å².